The first-order valence-electron chi connectivity index (χ1n) is 15.9. The van der Waals surface area contributed by atoms with Crippen molar-refractivity contribution in [1.82, 2.24) is 4.40 Å². The molecule has 0 atom stereocenters. The Labute approximate surface area is 260 Å². The van der Waals surface area contributed by atoms with Crippen LogP contribution in [-0.4, -0.2) is 4.40 Å². The predicted molar refractivity (Wildman–Crippen MR) is 188 cm³/mol. The molecule has 1 aliphatic carbocycles. The van der Waals surface area contributed by atoms with Crippen LogP contribution in [0.15, 0.2) is 122 Å². The van der Waals surface area contributed by atoms with Crippen molar-refractivity contribution in [1.29, 1.82) is 0 Å². The summed E-state index contributed by atoms with van der Waals surface area (Å²) >= 11 is 0. The number of aryl methyl sites for hydroxylation is 1. The van der Waals surface area contributed by atoms with Crippen LogP contribution in [0.1, 0.15) is 17.7 Å². The Bertz CT molecular complexity index is 3140. The molecule has 0 amide bonds. The van der Waals surface area contributed by atoms with E-state index in [0.29, 0.717) is 0 Å². The quantitative estimate of drug-likeness (QED) is 0.191. The minimum Gasteiger partial charge on any atom is -0.456 e. The summed E-state index contributed by atoms with van der Waals surface area (Å²) < 4.78 is 22.0. The van der Waals surface area contributed by atoms with Crippen molar-refractivity contribution in [2.24, 2.45) is 0 Å². The monoisotopic (exact) mass is 589 g/mol. The molecule has 1 aliphatic rings. The van der Waals surface area contributed by atoms with Gasteiger partial charge in [-0.3, -0.25) is 0 Å². The van der Waals surface area contributed by atoms with Crippen molar-refractivity contribution in [3.63, 3.8) is 0 Å². The molecule has 0 saturated carbocycles. The zero-order chi connectivity index (χ0) is 29.7. The van der Waals surface area contributed by atoms with Gasteiger partial charge in [-0.2, -0.15) is 0 Å². The minimum absolute atomic E-state index is 0.902. The molecule has 0 unspecified atom stereocenters. The number of benzene rings is 6. The Morgan fingerprint density at radius 1 is 0.457 bits per heavy atom. The van der Waals surface area contributed by atoms with Crippen LogP contribution in [0.25, 0.3) is 110 Å². The number of para-hydroxylation sites is 2. The molecule has 0 radical (unpaired) electrons. The van der Waals surface area contributed by atoms with Gasteiger partial charge in [-0.25, -0.2) is 0 Å². The third kappa shape index (κ3) is 2.73. The molecule has 0 aliphatic heterocycles. The second-order valence-corrected chi connectivity index (χ2v) is 12.7. The van der Waals surface area contributed by atoms with E-state index in [0.717, 1.165) is 84.7 Å². The molecule has 5 heterocycles. The zero-order valence-electron chi connectivity index (χ0n) is 24.6. The number of hydrogen-bond acceptors (Lipinski definition) is 3. The zero-order valence-corrected chi connectivity index (χ0v) is 24.6. The maximum Gasteiger partial charge on any atom is 0.160 e. The van der Waals surface area contributed by atoms with E-state index < -0.39 is 0 Å². The Balaban J connectivity index is 1.28. The number of rotatable bonds is 1. The average Bonchev–Trinajstić information content (AvgIpc) is 3.90. The molecule has 214 valence electrons. The molecule has 4 nitrogen and oxygen atoms in total. The number of fused-ring (bicyclic) bond motifs is 17. The second kappa shape index (κ2) is 7.98. The Morgan fingerprint density at radius 2 is 1.09 bits per heavy atom. The van der Waals surface area contributed by atoms with Crippen molar-refractivity contribution in [2.75, 3.05) is 0 Å². The number of hydrogen-bond donors (Lipinski definition) is 0. The summed E-state index contributed by atoms with van der Waals surface area (Å²) in [6.07, 6.45) is 6.39. The van der Waals surface area contributed by atoms with Crippen molar-refractivity contribution < 1.29 is 13.3 Å². The van der Waals surface area contributed by atoms with Gasteiger partial charge in [0.25, 0.3) is 0 Å². The fourth-order valence-electron chi connectivity index (χ4n) is 8.37. The topological polar surface area (TPSA) is 43.8 Å². The lowest BCUT2D eigenvalue weighted by Gasteiger charge is -2.05. The summed E-state index contributed by atoms with van der Waals surface area (Å²) in [6.45, 7) is 0. The third-order valence-corrected chi connectivity index (χ3v) is 10.4. The maximum atomic E-state index is 6.73. The van der Waals surface area contributed by atoms with E-state index in [1.807, 2.05) is 18.2 Å². The fraction of sp³-hybridized carbons (Fsp3) is 0.0476. The number of aromatic nitrogens is 1. The maximum absolute atomic E-state index is 6.73. The summed E-state index contributed by atoms with van der Waals surface area (Å²) in [5, 5.41) is 10.5. The molecule has 0 saturated heterocycles. The molecule has 12 rings (SSSR count). The Hall–Kier alpha value is -6.00. The summed E-state index contributed by atoms with van der Waals surface area (Å²) in [6, 6.07) is 37.0. The van der Waals surface area contributed by atoms with Crippen molar-refractivity contribution >= 4 is 99.0 Å². The van der Waals surface area contributed by atoms with Gasteiger partial charge in [0.2, 0.25) is 0 Å². The van der Waals surface area contributed by atoms with Crippen LogP contribution in [0.5, 0.6) is 0 Å². The van der Waals surface area contributed by atoms with Crippen LogP contribution in [-0.2, 0) is 6.42 Å². The Morgan fingerprint density at radius 3 is 1.89 bits per heavy atom. The molecule has 0 N–H and O–H groups in total. The standard InChI is InChI=1S/C42H23NO3/c1-5-11-35-24(7-1)29-16-14-27-32-20-23(22-13-18-37-31(19-22)26-9-3-4-10-34(26)44-37)21-33-28-15-17-30-25-8-2-6-12-36(25)46-42(30)40(28)43(38(32)33)39(27)41(29)45-35/h1,3-7,9-21H,2,8H2. The van der Waals surface area contributed by atoms with E-state index in [1.54, 1.807) is 0 Å². The molecular formula is C42H23NO3. The highest BCUT2D eigenvalue weighted by Crippen LogP contribution is 2.48. The molecule has 0 fully saturated rings. The highest BCUT2D eigenvalue weighted by Gasteiger charge is 2.26. The summed E-state index contributed by atoms with van der Waals surface area (Å²) in [7, 11) is 0. The first-order chi connectivity index (χ1) is 22.8. The highest BCUT2D eigenvalue weighted by molar-refractivity contribution is 6.31. The van der Waals surface area contributed by atoms with Gasteiger partial charge in [0.05, 0.1) is 16.6 Å². The molecule has 0 spiro atoms. The molecular weight excluding hydrogens is 566 g/mol. The Kier molecular flexibility index (Phi) is 4.06. The van der Waals surface area contributed by atoms with Gasteiger partial charge < -0.3 is 17.7 Å². The smallest absolute Gasteiger partial charge is 0.160 e. The van der Waals surface area contributed by atoms with E-state index >= 15 is 0 Å². The van der Waals surface area contributed by atoms with Gasteiger partial charge in [0.1, 0.15) is 22.5 Å². The van der Waals surface area contributed by atoms with Crippen LogP contribution < -0.4 is 0 Å². The lowest BCUT2D eigenvalue weighted by Crippen LogP contribution is -1.89. The van der Waals surface area contributed by atoms with Gasteiger partial charge in [0, 0.05) is 54.0 Å². The van der Waals surface area contributed by atoms with Crippen LogP contribution >= 0.6 is 0 Å². The van der Waals surface area contributed by atoms with Crippen LogP contribution in [0.3, 0.4) is 0 Å². The molecule has 46 heavy (non-hydrogen) atoms. The molecule has 0 bridgehead atoms. The SMILES string of the molecule is C1=Cc2oc3c(ccc4c5cc(-c6ccc7oc8ccccc8c7c6)cc6c7ccc8c9ccccc9oc8c7n(c56)c43)c2CC1. The van der Waals surface area contributed by atoms with E-state index in [9.17, 15) is 0 Å². The van der Waals surface area contributed by atoms with Crippen molar-refractivity contribution in [2.45, 2.75) is 12.8 Å². The van der Waals surface area contributed by atoms with E-state index in [1.165, 1.54) is 43.6 Å². The fourth-order valence-corrected chi connectivity index (χ4v) is 8.37. The van der Waals surface area contributed by atoms with Crippen molar-refractivity contribution in [3.05, 3.63) is 121 Å². The van der Waals surface area contributed by atoms with Crippen LogP contribution in [0.4, 0.5) is 0 Å². The van der Waals surface area contributed by atoms with E-state index in [4.69, 9.17) is 13.3 Å². The predicted octanol–water partition coefficient (Wildman–Crippen LogP) is 12.0. The molecule has 4 heteroatoms. The van der Waals surface area contributed by atoms with E-state index in [-0.39, 0.29) is 0 Å². The van der Waals surface area contributed by atoms with Gasteiger partial charge in [-0.1, -0.05) is 66.7 Å². The largest absolute Gasteiger partial charge is 0.456 e. The summed E-state index contributed by atoms with van der Waals surface area (Å²) in [5.74, 6) is 0.980. The van der Waals surface area contributed by atoms with Gasteiger partial charge >= 0.3 is 0 Å². The number of furan rings is 3. The highest BCUT2D eigenvalue weighted by atomic mass is 16.3. The van der Waals surface area contributed by atoms with Crippen LogP contribution in [0, 0.1) is 0 Å². The summed E-state index contributed by atoms with van der Waals surface area (Å²) in [5.41, 5.74) is 11.6. The van der Waals surface area contributed by atoms with Gasteiger partial charge in [0.15, 0.2) is 11.2 Å². The number of allylic oxidation sites excluding steroid dienone is 1. The second-order valence-electron chi connectivity index (χ2n) is 12.7. The lowest BCUT2D eigenvalue weighted by atomic mass is 9.97. The minimum atomic E-state index is 0.902. The average molecular weight is 590 g/mol. The molecule has 11 aromatic rings. The normalized spacial score (nSPS) is 13.8. The first kappa shape index (κ1) is 23.4. The van der Waals surface area contributed by atoms with E-state index in [2.05, 4.69) is 101 Å². The van der Waals surface area contributed by atoms with Crippen LogP contribution in [0.2, 0.25) is 0 Å². The molecule has 5 aromatic heterocycles. The van der Waals surface area contributed by atoms with Crippen molar-refractivity contribution in [3.8, 4) is 11.1 Å². The van der Waals surface area contributed by atoms with Gasteiger partial charge in [-0.15, -0.1) is 0 Å². The molecule has 6 aromatic carbocycles. The lowest BCUT2D eigenvalue weighted by molar-refractivity contribution is 0.597. The number of nitrogens with zero attached hydrogens (tertiary/aromatic N) is 1. The third-order valence-electron chi connectivity index (χ3n) is 10.4. The first-order valence-corrected chi connectivity index (χ1v) is 15.9. The van der Waals surface area contributed by atoms with Gasteiger partial charge in [-0.05, 0) is 72.5 Å². The summed E-state index contributed by atoms with van der Waals surface area (Å²) in [4.78, 5) is 0.